The van der Waals surface area contributed by atoms with E-state index < -0.39 is 0 Å². The van der Waals surface area contributed by atoms with Crippen molar-refractivity contribution in [1.29, 1.82) is 0 Å². The second kappa shape index (κ2) is 4.86. The van der Waals surface area contributed by atoms with Crippen molar-refractivity contribution >= 4 is 6.03 Å². The maximum Gasteiger partial charge on any atom is 0.319 e. The summed E-state index contributed by atoms with van der Waals surface area (Å²) in [4.78, 5) is 15.7. The van der Waals surface area contributed by atoms with E-state index in [4.69, 9.17) is 0 Å². The number of amides is 2. The summed E-state index contributed by atoms with van der Waals surface area (Å²) in [5.74, 6) is 0. The summed E-state index contributed by atoms with van der Waals surface area (Å²) in [6.45, 7) is 9.23. The lowest BCUT2D eigenvalue weighted by Gasteiger charge is -2.27. The highest BCUT2D eigenvalue weighted by Crippen LogP contribution is 2.29. The van der Waals surface area contributed by atoms with Crippen molar-refractivity contribution in [1.82, 2.24) is 9.80 Å². The largest absolute Gasteiger partial charge is 0.328 e. The average Bonchev–Trinajstić information content (AvgIpc) is 2.37. The zero-order chi connectivity index (χ0) is 11.5. The molecule has 0 saturated carbocycles. The van der Waals surface area contributed by atoms with Gasteiger partial charge in [-0.2, -0.15) is 0 Å². The van der Waals surface area contributed by atoms with Gasteiger partial charge < -0.3 is 9.80 Å². The molecule has 1 aliphatic heterocycles. The maximum atomic E-state index is 11.9. The third-order valence-electron chi connectivity index (χ3n) is 3.41. The Kier molecular flexibility index (Phi) is 4.00. The standard InChI is InChI=1S/C12H24N2O/c1-5-13(4)11(15)14-9-6-7-12(2,3)8-10-14/h5-10H2,1-4H3. The molecule has 1 heterocycles. The van der Waals surface area contributed by atoms with Gasteiger partial charge in [-0.3, -0.25) is 0 Å². The van der Waals surface area contributed by atoms with Gasteiger partial charge in [0.05, 0.1) is 0 Å². The van der Waals surface area contributed by atoms with E-state index in [1.807, 2.05) is 18.9 Å². The van der Waals surface area contributed by atoms with Crippen molar-refractivity contribution in [2.45, 2.75) is 40.0 Å². The van der Waals surface area contributed by atoms with Crippen LogP contribution in [0, 0.1) is 5.41 Å². The summed E-state index contributed by atoms with van der Waals surface area (Å²) in [5, 5.41) is 0. The molecule has 15 heavy (non-hydrogen) atoms. The van der Waals surface area contributed by atoms with E-state index in [0.717, 1.165) is 32.5 Å². The van der Waals surface area contributed by atoms with Crippen molar-refractivity contribution in [2.75, 3.05) is 26.7 Å². The van der Waals surface area contributed by atoms with Crippen molar-refractivity contribution in [2.24, 2.45) is 5.41 Å². The van der Waals surface area contributed by atoms with E-state index in [9.17, 15) is 4.79 Å². The fourth-order valence-corrected chi connectivity index (χ4v) is 1.99. The average molecular weight is 212 g/mol. The van der Waals surface area contributed by atoms with Crippen LogP contribution in [0.1, 0.15) is 40.0 Å². The van der Waals surface area contributed by atoms with Gasteiger partial charge in [-0.1, -0.05) is 13.8 Å². The van der Waals surface area contributed by atoms with Gasteiger partial charge in [0.25, 0.3) is 0 Å². The molecule has 0 unspecified atom stereocenters. The molecule has 0 radical (unpaired) electrons. The number of rotatable bonds is 1. The summed E-state index contributed by atoms with van der Waals surface area (Å²) in [7, 11) is 1.87. The predicted molar refractivity (Wildman–Crippen MR) is 62.9 cm³/mol. The van der Waals surface area contributed by atoms with Crippen LogP contribution < -0.4 is 0 Å². The molecule has 0 aromatic heterocycles. The van der Waals surface area contributed by atoms with E-state index in [-0.39, 0.29) is 6.03 Å². The second-order valence-electron chi connectivity index (χ2n) is 5.30. The lowest BCUT2D eigenvalue weighted by Crippen LogP contribution is -2.41. The molecule has 88 valence electrons. The van der Waals surface area contributed by atoms with Crippen molar-refractivity contribution in [3.63, 3.8) is 0 Å². The molecule has 0 spiro atoms. The fourth-order valence-electron chi connectivity index (χ4n) is 1.99. The Bertz CT molecular complexity index is 226. The molecular formula is C12H24N2O. The summed E-state index contributed by atoms with van der Waals surface area (Å²) in [6, 6.07) is 0.190. The Balaban J connectivity index is 2.54. The zero-order valence-electron chi connectivity index (χ0n) is 10.5. The fraction of sp³-hybridized carbons (Fsp3) is 0.917. The van der Waals surface area contributed by atoms with Gasteiger partial charge in [-0.25, -0.2) is 4.79 Å². The first-order valence-corrected chi connectivity index (χ1v) is 5.96. The Morgan fingerprint density at radius 3 is 2.60 bits per heavy atom. The van der Waals surface area contributed by atoms with E-state index in [1.165, 1.54) is 6.42 Å². The first-order valence-electron chi connectivity index (χ1n) is 5.96. The van der Waals surface area contributed by atoms with Crippen molar-refractivity contribution in [3.05, 3.63) is 0 Å². The number of hydrogen-bond donors (Lipinski definition) is 0. The Morgan fingerprint density at radius 2 is 2.00 bits per heavy atom. The molecule has 1 saturated heterocycles. The van der Waals surface area contributed by atoms with Crippen LogP contribution in [0.4, 0.5) is 4.79 Å². The number of carbonyl (C=O) groups is 1. The van der Waals surface area contributed by atoms with Crippen LogP contribution in [0.15, 0.2) is 0 Å². The van der Waals surface area contributed by atoms with Crippen LogP contribution in [0.25, 0.3) is 0 Å². The second-order valence-corrected chi connectivity index (χ2v) is 5.30. The van der Waals surface area contributed by atoms with Crippen LogP contribution in [0.2, 0.25) is 0 Å². The van der Waals surface area contributed by atoms with Crippen LogP contribution in [0.5, 0.6) is 0 Å². The molecule has 2 amide bonds. The maximum absolute atomic E-state index is 11.9. The first kappa shape index (κ1) is 12.3. The smallest absolute Gasteiger partial charge is 0.319 e. The third kappa shape index (κ3) is 3.40. The van der Waals surface area contributed by atoms with E-state index >= 15 is 0 Å². The minimum atomic E-state index is 0.190. The first-order chi connectivity index (χ1) is 6.96. The van der Waals surface area contributed by atoms with Crippen LogP contribution in [-0.2, 0) is 0 Å². The molecule has 1 aliphatic rings. The molecule has 0 bridgehead atoms. The SMILES string of the molecule is CCN(C)C(=O)N1CCCC(C)(C)CC1. The highest BCUT2D eigenvalue weighted by Gasteiger charge is 2.26. The van der Waals surface area contributed by atoms with Gasteiger partial charge in [0.1, 0.15) is 0 Å². The monoisotopic (exact) mass is 212 g/mol. The van der Waals surface area contributed by atoms with Gasteiger partial charge in [0, 0.05) is 26.7 Å². The number of nitrogens with zero attached hydrogens (tertiary/aromatic N) is 2. The summed E-state index contributed by atoms with van der Waals surface area (Å²) in [5.41, 5.74) is 0.403. The minimum Gasteiger partial charge on any atom is -0.328 e. The van der Waals surface area contributed by atoms with Gasteiger partial charge in [-0.05, 0) is 31.6 Å². The number of urea groups is 1. The molecule has 3 nitrogen and oxygen atoms in total. The summed E-state index contributed by atoms with van der Waals surface area (Å²) >= 11 is 0. The van der Waals surface area contributed by atoms with Crippen molar-refractivity contribution < 1.29 is 4.79 Å². The molecule has 1 rings (SSSR count). The van der Waals surface area contributed by atoms with Gasteiger partial charge in [0.15, 0.2) is 0 Å². The summed E-state index contributed by atoms with van der Waals surface area (Å²) in [6.07, 6.45) is 3.49. The molecule has 0 aromatic rings. The normalized spacial score (nSPS) is 20.9. The molecule has 3 heteroatoms. The van der Waals surface area contributed by atoms with Crippen LogP contribution >= 0.6 is 0 Å². The van der Waals surface area contributed by atoms with Crippen LogP contribution in [0.3, 0.4) is 0 Å². The van der Waals surface area contributed by atoms with Crippen LogP contribution in [-0.4, -0.2) is 42.5 Å². The topological polar surface area (TPSA) is 23.6 Å². The third-order valence-corrected chi connectivity index (χ3v) is 3.41. The molecule has 0 atom stereocenters. The highest BCUT2D eigenvalue weighted by molar-refractivity contribution is 5.74. The molecule has 1 fully saturated rings. The minimum absolute atomic E-state index is 0.190. The molecule has 0 aromatic carbocycles. The molecule has 0 aliphatic carbocycles. The number of likely N-dealkylation sites (tertiary alicyclic amines) is 1. The number of carbonyl (C=O) groups excluding carboxylic acids is 1. The van der Waals surface area contributed by atoms with E-state index in [1.54, 1.807) is 4.90 Å². The van der Waals surface area contributed by atoms with Gasteiger partial charge in [0.2, 0.25) is 0 Å². The van der Waals surface area contributed by atoms with E-state index in [0.29, 0.717) is 5.41 Å². The molecular weight excluding hydrogens is 188 g/mol. The lowest BCUT2D eigenvalue weighted by molar-refractivity contribution is 0.164. The number of hydrogen-bond acceptors (Lipinski definition) is 1. The molecule has 0 N–H and O–H groups in total. The summed E-state index contributed by atoms with van der Waals surface area (Å²) < 4.78 is 0. The van der Waals surface area contributed by atoms with E-state index in [2.05, 4.69) is 13.8 Å². The predicted octanol–water partition coefficient (Wildman–Crippen LogP) is 2.57. The Hall–Kier alpha value is -0.730. The van der Waals surface area contributed by atoms with Gasteiger partial charge in [-0.15, -0.1) is 0 Å². The Labute approximate surface area is 93.4 Å². The quantitative estimate of drug-likeness (QED) is 0.655. The van der Waals surface area contributed by atoms with Crippen molar-refractivity contribution in [3.8, 4) is 0 Å². The lowest BCUT2D eigenvalue weighted by atomic mass is 9.85. The highest BCUT2D eigenvalue weighted by atomic mass is 16.2. The van der Waals surface area contributed by atoms with Gasteiger partial charge >= 0.3 is 6.03 Å². The Morgan fingerprint density at radius 1 is 1.33 bits per heavy atom. The zero-order valence-corrected chi connectivity index (χ0v) is 10.5.